The van der Waals surface area contributed by atoms with Crippen molar-refractivity contribution in [1.29, 1.82) is 0 Å². The van der Waals surface area contributed by atoms with Crippen LogP contribution in [0, 0.1) is 0 Å². The Kier molecular flexibility index (Phi) is 2.03. The van der Waals surface area contributed by atoms with Gasteiger partial charge >= 0.3 is 0 Å². The predicted molar refractivity (Wildman–Crippen MR) is 43.5 cm³/mol. The Hall–Kier alpha value is -0.970. The SMILES string of the molecule is NC(c1n[nH]c2c1CCC2)C(F)F. The van der Waals surface area contributed by atoms with Crippen LogP contribution < -0.4 is 5.73 Å². The van der Waals surface area contributed by atoms with Gasteiger partial charge in [-0.3, -0.25) is 5.10 Å². The number of nitrogens with one attached hydrogen (secondary N) is 1. The molecule has 0 spiro atoms. The second-order valence-corrected chi connectivity index (χ2v) is 3.28. The van der Waals surface area contributed by atoms with Gasteiger partial charge in [-0.25, -0.2) is 8.78 Å². The Balaban J connectivity index is 2.30. The van der Waals surface area contributed by atoms with Gasteiger partial charge in [0.1, 0.15) is 6.04 Å². The lowest BCUT2D eigenvalue weighted by atomic mass is 10.1. The Morgan fingerprint density at radius 1 is 1.38 bits per heavy atom. The third-order valence-corrected chi connectivity index (χ3v) is 2.43. The van der Waals surface area contributed by atoms with Crippen molar-refractivity contribution in [2.24, 2.45) is 5.73 Å². The van der Waals surface area contributed by atoms with Crippen molar-refractivity contribution in [3.05, 3.63) is 17.0 Å². The van der Waals surface area contributed by atoms with Crippen molar-refractivity contribution >= 4 is 0 Å². The molecule has 72 valence electrons. The van der Waals surface area contributed by atoms with E-state index >= 15 is 0 Å². The van der Waals surface area contributed by atoms with Crippen molar-refractivity contribution in [3.8, 4) is 0 Å². The van der Waals surface area contributed by atoms with Crippen LogP contribution in [0.1, 0.15) is 29.4 Å². The number of H-pyrrole nitrogens is 1. The first-order valence-corrected chi connectivity index (χ1v) is 4.30. The molecule has 3 nitrogen and oxygen atoms in total. The summed E-state index contributed by atoms with van der Waals surface area (Å²) in [6.45, 7) is 0. The van der Waals surface area contributed by atoms with Gasteiger partial charge in [0, 0.05) is 5.69 Å². The van der Waals surface area contributed by atoms with E-state index in [0.717, 1.165) is 30.5 Å². The number of nitrogens with zero attached hydrogens (tertiary/aromatic N) is 1. The lowest BCUT2D eigenvalue weighted by Gasteiger charge is -2.08. The third kappa shape index (κ3) is 1.33. The second kappa shape index (κ2) is 3.06. The molecular weight excluding hydrogens is 176 g/mol. The highest BCUT2D eigenvalue weighted by molar-refractivity contribution is 5.31. The van der Waals surface area contributed by atoms with Crippen LogP contribution in [0.5, 0.6) is 0 Å². The van der Waals surface area contributed by atoms with Crippen molar-refractivity contribution in [2.75, 3.05) is 0 Å². The highest BCUT2D eigenvalue weighted by Gasteiger charge is 2.27. The number of aromatic amines is 1. The molecule has 0 amide bonds. The molecule has 1 heterocycles. The van der Waals surface area contributed by atoms with Gasteiger partial charge in [0.15, 0.2) is 0 Å². The molecule has 0 bridgehead atoms. The fourth-order valence-electron chi connectivity index (χ4n) is 1.74. The Morgan fingerprint density at radius 3 is 2.85 bits per heavy atom. The van der Waals surface area contributed by atoms with Crippen LogP contribution in [-0.2, 0) is 12.8 Å². The zero-order valence-electron chi connectivity index (χ0n) is 7.06. The molecular formula is C8H11F2N3. The van der Waals surface area contributed by atoms with Crippen molar-refractivity contribution < 1.29 is 8.78 Å². The first-order valence-electron chi connectivity index (χ1n) is 4.30. The van der Waals surface area contributed by atoms with Crippen LogP contribution in [0.25, 0.3) is 0 Å². The molecule has 1 aromatic rings. The van der Waals surface area contributed by atoms with Crippen molar-refractivity contribution in [1.82, 2.24) is 10.2 Å². The van der Waals surface area contributed by atoms with Gasteiger partial charge in [0.25, 0.3) is 6.43 Å². The van der Waals surface area contributed by atoms with E-state index < -0.39 is 12.5 Å². The van der Waals surface area contributed by atoms with E-state index in [4.69, 9.17) is 5.73 Å². The highest BCUT2D eigenvalue weighted by atomic mass is 19.3. The number of nitrogens with two attached hydrogens (primary N) is 1. The molecule has 1 unspecified atom stereocenters. The normalized spacial score (nSPS) is 17.8. The summed E-state index contributed by atoms with van der Waals surface area (Å²) in [4.78, 5) is 0. The lowest BCUT2D eigenvalue weighted by Crippen LogP contribution is -2.20. The van der Waals surface area contributed by atoms with Gasteiger partial charge in [-0.15, -0.1) is 0 Å². The molecule has 0 fully saturated rings. The van der Waals surface area contributed by atoms with Crippen LogP contribution in [0.2, 0.25) is 0 Å². The van der Waals surface area contributed by atoms with E-state index in [9.17, 15) is 8.78 Å². The summed E-state index contributed by atoms with van der Waals surface area (Å²) < 4.78 is 24.6. The van der Waals surface area contributed by atoms with Gasteiger partial charge in [0.2, 0.25) is 0 Å². The van der Waals surface area contributed by atoms with Crippen LogP contribution in [0.3, 0.4) is 0 Å². The maximum Gasteiger partial charge on any atom is 0.259 e. The molecule has 0 saturated heterocycles. The quantitative estimate of drug-likeness (QED) is 0.730. The minimum atomic E-state index is -2.53. The molecule has 2 rings (SSSR count). The van der Waals surface area contributed by atoms with Gasteiger partial charge in [-0.05, 0) is 24.8 Å². The lowest BCUT2D eigenvalue weighted by molar-refractivity contribution is 0.114. The first-order chi connectivity index (χ1) is 6.20. The van der Waals surface area contributed by atoms with Gasteiger partial charge in [-0.2, -0.15) is 5.10 Å². The number of halogens is 2. The van der Waals surface area contributed by atoms with E-state index in [1.54, 1.807) is 0 Å². The topological polar surface area (TPSA) is 54.7 Å². The summed E-state index contributed by atoms with van der Waals surface area (Å²) in [5.74, 6) is 0. The summed E-state index contributed by atoms with van der Waals surface area (Å²) in [5, 5.41) is 6.59. The largest absolute Gasteiger partial charge is 0.318 e. The number of fused-ring (bicyclic) bond motifs is 1. The predicted octanol–water partition coefficient (Wildman–Crippen LogP) is 1.16. The van der Waals surface area contributed by atoms with E-state index in [-0.39, 0.29) is 0 Å². The van der Waals surface area contributed by atoms with E-state index in [2.05, 4.69) is 10.2 Å². The zero-order valence-corrected chi connectivity index (χ0v) is 7.06. The van der Waals surface area contributed by atoms with E-state index in [1.165, 1.54) is 0 Å². The Morgan fingerprint density at radius 2 is 2.15 bits per heavy atom. The monoisotopic (exact) mass is 187 g/mol. The first kappa shape index (κ1) is 8.62. The number of aromatic nitrogens is 2. The fraction of sp³-hybridized carbons (Fsp3) is 0.625. The number of rotatable bonds is 2. The fourth-order valence-corrected chi connectivity index (χ4v) is 1.74. The molecule has 3 N–H and O–H groups in total. The zero-order chi connectivity index (χ0) is 9.42. The Labute approximate surface area is 74.3 Å². The molecule has 1 aliphatic carbocycles. The number of alkyl halides is 2. The van der Waals surface area contributed by atoms with E-state index in [0.29, 0.717) is 5.69 Å². The maximum absolute atomic E-state index is 12.3. The van der Waals surface area contributed by atoms with Gasteiger partial charge < -0.3 is 5.73 Å². The van der Waals surface area contributed by atoms with Crippen LogP contribution >= 0.6 is 0 Å². The minimum Gasteiger partial charge on any atom is -0.318 e. The average molecular weight is 187 g/mol. The van der Waals surface area contributed by atoms with Crippen LogP contribution in [0.4, 0.5) is 8.78 Å². The molecule has 13 heavy (non-hydrogen) atoms. The second-order valence-electron chi connectivity index (χ2n) is 3.28. The number of aryl methyl sites for hydroxylation is 1. The third-order valence-electron chi connectivity index (χ3n) is 2.43. The van der Waals surface area contributed by atoms with E-state index in [1.807, 2.05) is 0 Å². The van der Waals surface area contributed by atoms with Gasteiger partial charge in [-0.1, -0.05) is 0 Å². The van der Waals surface area contributed by atoms with Crippen molar-refractivity contribution in [3.63, 3.8) is 0 Å². The highest BCUT2D eigenvalue weighted by Crippen LogP contribution is 2.28. The van der Waals surface area contributed by atoms with Gasteiger partial charge in [0.05, 0.1) is 5.69 Å². The minimum absolute atomic E-state index is 0.350. The smallest absolute Gasteiger partial charge is 0.259 e. The standard InChI is InChI=1S/C8H11F2N3/c9-8(10)6(11)7-4-2-1-3-5(4)12-13-7/h6,8H,1-3,11H2,(H,12,13). The average Bonchev–Trinajstić information content (AvgIpc) is 2.61. The maximum atomic E-state index is 12.3. The van der Waals surface area contributed by atoms with Crippen LogP contribution in [-0.4, -0.2) is 16.6 Å². The molecule has 1 atom stereocenters. The number of hydrogen-bond acceptors (Lipinski definition) is 2. The molecule has 0 aromatic carbocycles. The molecule has 0 saturated carbocycles. The van der Waals surface area contributed by atoms with Crippen LogP contribution in [0.15, 0.2) is 0 Å². The molecule has 5 heteroatoms. The summed E-state index contributed by atoms with van der Waals surface area (Å²) in [5.41, 5.74) is 7.56. The molecule has 0 radical (unpaired) electrons. The molecule has 1 aromatic heterocycles. The molecule has 1 aliphatic rings. The number of hydrogen-bond donors (Lipinski definition) is 2. The summed E-state index contributed by atoms with van der Waals surface area (Å²) >= 11 is 0. The summed E-state index contributed by atoms with van der Waals surface area (Å²) in [6, 6.07) is -1.24. The van der Waals surface area contributed by atoms with Crippen molar-refractivity contribution in [2.45, 2.75) is 31.7 Å². The summed E-state index contributed by atoms with van der Waals surface area (Å²) in [7, 11) is 0. The molecule has 0 aliphatic heterocycles. The summed E-state index contributed by atoms with van der Waals surface area (Å²) in [6.07, 6.45) is 0.194. The Bertz CT molecular complexity index is 308.